The van der Waals surface area contributed by atoms with E-state index in [-0.39, 0.29) is 18.3 Å². The summed E-state index contributed by atoms with van der Waals surface area (Å²) in [5, 5.41) is 3.32. The molecule has 1 aromatic rings. The first-order valence-corrected chi connectivity index (χ1v) is 8.51. The van der Waals surface area contributed by atoms with E-state index in [9.17, 15) is 4.79 Å². The van der Waals surface area contributed by atoms with E-state index in [0.717, 1.165) is 29.7 Å². The van der Waals surface area contributed by atoms with Crippen molar-refractivity contribution in [3.05, 3.63) is 18.2 Å². The molecule has 1 unspecified atom stereocenters. The Morgan fingerprint density at radius 2 is 2.12 bits per heavy atom. The van der Waals surface area contributed by atoms with Gasteiger partial charge < -0.3 is 19.4 Å². The fourth-order valence-electron chi connectivity index (χ4n) is 2.36. The fourth-order valence-corrected chi connectivity index (χ4v) is 2.36. The van der Waals surface area contributed by atoms with Gasteiger partial charge in [-0.1, -0.05) is 6.07 Å². The summed E-state index contributed by atoms with van der Waals surface area (Å²) in [7, 11) is 1.74. The Labute approximate surface area is 145 Å². The molecule has 5 nitrogen and oxygen atoms in total. The average Bonchev–Trinajstić information content (AvgIpc) is 2.84. The number of carbonyl (C=O) groups is 1. The van der Waals surface area contributed by atoms with Crippen LogP contribution in [-0.2, 0) is 14.2 Å². The molecule has 0 aliphatic carbocycles. The van der Waals surface area contributed by atoms with Crippen molar-refractivity contribution < 1.29 is 18.9 Å². The Hall–Kier alpha value is -1.69. The highest BCUT2D eigenvalue weighted by molar-refractivity contribution is 6.47. The molecule has 6 heteroatoms. The standard InChI is InChI=1S/C18H27BNO4/c1-12(2)24-19-13-9-10-14-15(11-13)22-16(20-14)7-6-8-17(21)23-18(3,4)5/h9-12,16,20H,6-8H2,1-5H3. The van der Waals surface area contributed by atoms with Gasteiger partial charge in [-0.2, -0.15) is 0 Å². The van der Waals surface area contributed by atoms with Crippen molar-refractivity contribution in [2.24, 2.45) is 0 Å². The lowest BCUT2D eigenvalue weighted by atomic mass is 9.87. The molecule has 0 fully saturated rings. The molecule has 1 aliphatic rings. The highest BCUT2D eigenvalue weighted by Gasteiger charge is 2.23. The van der Waals surface area contributed by atoms with E-state index in [0.29, 0.717) is 6.42 Å². The SMILES string of the molecule is CC(C)O[B]c1ccc2c(c1)OC(CCCC(=O)OC(C)(C)C)N2. The maximum atomic E-state index is 11.7. The zero-order valence-electron chi connectivity index (χ0n) is 15.2. The van der Waals surface area contributed by atoms with E-state index in [1.807, 2.05) is 52.8 Å². The molecule has 0 bridgehead atoms. The first kappa shape index (κ1) is 18.7. The Balaban J connectivity index is 1.76. The lowest BCUT2D eigenvalue weighted by molar-refractivity contribution is -0.154. The third kappa shape index (κ3) is 6.08. The number of fused-ring (bicyclic) bond motifs is 1. The van der Waals surface area contributed by atoms with Gasteiger partial charge in [-0.3, -0.25) is 4.79 Å². The predicted octanol–water partition coefficient (Wildman–Crippen LogP) is 3.00. The fraction of sp³-hybridized carbons (Fsp3) is 0.611. The van der Waals surface area contributed by atoms with Gasteiger partial charge >= 0.3 is 13.5 Å². The number of carbonyl (C=O) groups excluding carboxylic acids is 1. The quantitative estimate of drug-likeness (QED) is 0.614. The zero-order chi connectivity index (χ0) is 17.7. The van der Waals surface area contributed by atoms with E-state index < -0.39 is 5.60 Å². The Bertz CT molecular complexity index is 569. The first-order chi connectivity index (χ1) is 11.2. The van der Waals surface area contributed by atoms with Gasteiger partial charge in [0.1, 0.15) is 11.4 Å². The number of benzene rings is 1. The second kappa shape index (κ2) is 7.93. The van der Waals surface area contributed by atoms with Crippen LogP contribution in [0, 0.1) is 0 Å². The Morgan fingerprint density at radius 3 is 2.79 bits per heavy atom. The number of nitrogens with one attached hydrogen (secondary N) is 1. The number of hydrogen-bond donors (Lipinski definition) is 1. The maximum Gasteiger partial charge on any atom is 0.330 e. The molecule has 1 radical (unpaired) electrons. The van der Waals surface area contributed by atoms with Gasteiger partial charge in [-0.15, -0.1) is 0 Å². The van der Waals surface area contributed by atoms with Gasteiger partial charge in [-0.25, -0.2) is 0 Å². The molecule has 0 spiro atoms. The van der Waals surface area contributed by atoms with Crippen molar-refractivity contribution in [2.75, 3.05) is 5.32 Å². The zero-order valence-corrected chi connectivity index (χ0v) is 15.2. The molecular formula is C18H27BNO4. The molecular weight excluding hydrogens is 305 g/mol. The monoisotopic (exact) mass is 332 g/mol. The summed E-state index contributed by atoms with van der Waals surface area (Å²) >= 11 is 0. The van der Waals surface area contributed by atoms with Gasteiger partial charge in [0.2, 0.25) is 0 Å². The number of esters is 1. The van der Waals surface area contributed by atoms with Gasteiger partial charge in [0.05, 0.1) is 5.69 Å². The van der Waals surface area contributed by atoms with Crippen molar-refractivity contribution in [3.8, 4) is 5.75 Å². The molecule has 0 amide bonds. The number of rotatable bonds is 7. The molecule has 1 N–H and O–H groups in total. The Morgan fingerprint density at radius 1 is 1.38 bits per heavy atom. The summed E-state index contributed by atoms with van der Waals surface area (Å²) < 4.78 is 16.7. The first-order valence-electron chi connectivity index (χ1n) is 8.51. The molecule has 0 saturated carbocycles. The van der Waals surface area contributed by atoms with Crippen molar-refractivity contribution >= 4 is 24.6 Å². The second-order valence-electron chi connectivity index (χ2n) is 7.29. The normalized spacial score (nSPS) is 16.3. The van der Waals surface area contributed by atoms with Crippen molar-refractivity contribution in [1.29, 1.82) is 0 Å². The third-order valence-corrected chi connectivity index (χ3v) is 3.33. The average molecular weight is 332 g/mol. The van der Waals surface area contributed by atoms with Crippen LogP contribution in [0.1, 0.15) is 53.9 Å². The molecule has 2 rings (SSSR count). The van der Waals surface area contributed by atoms with E-state index in [1.165, 1.54) is 0 Å². The minimum absolute atomic E-state index is 0.108. The summed E-state index contributed by atoms with van der Waals surface area (Å²) in [6, 6.07) is 5.93. The molecule has 0 saturated heterocycles. The molecule has 1 heterocycles. The van der Waals surface area contributed by atoms with E-state index >= 15 is 0 Å². The van der Waals surface area contributed by atoms with Crippen LogP contribution >= 0.6 is 0 Å². The highest BCUT2D eigenvalue weighted by Crippen LogP contribution is 2.32. The summed E-state index contributed by atoms with van der Waals surface area (Å²) in [5.41, 5.74) is 1.51. The van der Waals surface area contributed by atoms with E-state index in [2.05, 4.69) is 5.32 Å². The minimum Gasteiger partial charge on any atom is -0.469 e. The van der Waals surface area contributed by atoms with Crippen LogP contribution in [0.4, 0.5) is 5.69 Å². The molecule has 1 atom stereocenters. The van der Waals surface area contributed by atoms with Crippen molar-refractivity contribution in [3.63, 3.8) is 0 Å². The van der Waals surface area contributed by atoms with E-state index in [1.54, 1.807) is 7.48 Å². The molecule has 131 valence electrons. The maximum absolute atomic E-state index is 11.7. The molecule has 24 heavy (non-hydrogen) atoms. The third-order valence-electron chi connectivity index (χ3n) is 3.33. The van der Waals surface area contributed by atoms with Crippen LogP contribution in [-0.4, -0.2) is 31.4 Å². The molecule has 0 aromatic heterocycles. The topological polar surface area (TPSA) is 56.8 Å². The predicted molar refractivity (Wildman–Crippen MR) is 95.8 cm³/mol. The summed E-state index contributed by atoms with van der Waals surface area (Å²) in [4.78, 5) is 11.7. The van der Waals surface area contributed by atoms with Crippen LogP contribution < -0.4 is 15.5 Å². The van der Waals surface area contributed by atoms with Crippen molar-refractivity contribution in [2.45, 2.75) is 71.8 Å². The number of ether oxygens (including phenoxy) is 2. The summed E-state index contributed by atoms with van der Waals surface area (Å²) in [6.45, 7) is 9.60. The van der Waals surface area contributed by atoms with Gasteiger partial charge in [0.25, 0.3) is 0 Å². The van der Waals surface area contributed by atoms with E-state index in [4.69, 9.17) is 14.1 Å². The summed E-state index contributed by atoms with van der Waals surface area (Å²) in [6.07, 6.45) is 1.91. The molecule has 1 aliphatic heterocycles. The van der Waals surface area contributed by atoms with Crippen LogP contribution in [0.15, 0.2) is 18.2 Å². The lowest BCUT2D eigenvalue weighted by Gasteiger charge is -2.19. The van der Waals surface area contributed by atoms with Crippen LogP contribution in [0.5, 0.6) is 5.75 Å². The second-order valence-corrected chi connectivity index (χ2v) is 7.29. The van der Waals surface area contributed by atoms with Gasteiger partial charge in [0.15, 0.2) is 6.23 Å². The number of anilines is 1. The summed E-state index contributed by atoms with van der Waals surface area (Å²) in [5.74, 6) is 0.652. The Kier molecular flexibility index (Phi) is 6.16. The van der Waals surface area contributed by atoms with Crippen molar-refractivity contribution in [1.82, 2.24) is 0 Å². The minimum atomic E-state index is -0.430. The van der Waals surface area contributed by atoms with Crippen LogP contribution in [0.25, 0.3) is 0 Å². The number of hydrogen-bond acceptors (Lipinski definition) is 5. The molecule has 1 aromatic carbocycles. The van der Waals surface area contributed by atoms with Crippen LogP contribution in [0.3, 0.4) is 0 Å². The van der Waals surface area contributed by atoms with Crippen LogP contribution in [0.2, 0.25) is 0 Å². The van der Waals surface area contributed by atoms with Gasteiger partial charge in [0, 0.05) is 18.9 Å². The highest BCUT2D eigenvalue weighted by atomic mass is 16.6. The lowest BCUT2D eigenvalue weighted by Crippen LogP contribution is -2.24. The van der Waals surface area contributed by atoms with Gasteiger partial charge in [-0.05, 0) is 58.6 Å². The largest absolute Gasteiger partial charge is 0.469 e. The smallest absolute Gasteiger partial charge is 0.330 e.